The van der Waals surface area contributed by atoms with E-state index in [4.69, 9.17) is 27.9 Å². The van der Waals surface area contributed by atoms with Crippen molar-refractivity contribution in [3.63, 3.8) is 0 Å². The van der Waals surface area contributed by atoms with Gasteiger partial charge < -0.3 is 10.1 Å². The van der Waals surface area contributed by atoms with Crippen molar-refractivity contribution in [2.75, 3.05) is 0 Å². The minimum absolute atomic E-state index is 0.0167. The van der Waals surface area contributed by atoms with Gasteiger partial charge in [-0.25, -0.2) is 0 Å². The molecule has 0 fully saturated rings. The number of esters is 1. The summed E-state index contributed by atoms with van der Waals surface area (Å²) in [7, 11) is 0. The average molecular weight is 408 g/mol. The van der Waals surface area contributed by atoms with Crippen molar-refractivity contribution in [1.29, 1.82) is 0 Å². The number of carbonyl (C=O) groups excluding carboxylic acids is 2. The normalized spacial score (nSPS) is 12.9. The maximum absolute atomic E-state index is 12.2. The van der Waals surface area contributed by atoms with E-state index in [1.807, 2.05) is 25.1 Å². The summed E-state index contributed by atoms with van der Waals surface area (Å²) in [5, 5.41) is 3.77. The van der Waals surface area contributed by atoms with Crippen LogP contribution in [0.2, 0.25) is 10.0 Å². The van der Waals surface area contributed by atoms with E-state index in [9.17, 15) is 9.59 Å². The lowest BCUT2D eigenvalue weighted by Crippen LogP contribution is -2.41. The molecule has 0 spiro atoms. The molecular weight excluding hydrogens is 385 g/mol. The quantitative estimate of drug-likeness (QED) is 0.650. The standard InChI is InChI=1S/C21H23Cl2NO3/c1-14(8-9-16-6-4-3-5-7-16)24-21(26)15(2)27-20(25)12-17-10-11-18(22)13-19(17)23/h3-7,10-11,13-15H,8-9,12H2,1-2H3,(H,24,26)/t14-,15+/m1/s1. The Labute approximate surface area is 169 Å². The third kappa shape index (κ3) is 7.24. The molecule has 0 unspecified atom stereocenters. The molecule has 2 rings (SSSR count). The Morgan fingerprint density at radius 1 is 1.07 bits per heavy atom. The highest BCUT2D eigenvalue weighted by atomic mass is 35.5. The van der Waals surface area contributed by atoms with Gasteiger partial charge in [0.05, 0.1) is 6.42 Å². The first-order valence-electron chi connectivity index (χ1n) is 8.83. The summed E-state index contributed by atoms with van der Waals surface area (Å²) in [6.45, 7) is 3.49. The van der Waals surface area contributed by atoms with Crippen molar-refractivity contribution < 1.29 is 14.3 Å². The highest BCUT2D eigenvalue weighted by Crippen LogP contribution is 2.21. The number of nitrogens with one attached hydrogen (secondary N) is 1. The average Bonchev–Trinajstić information content (AvgIpc) is 2.63. The zero-order chi connectivity index (χ0) is 19.8. The van der Waals surface area contributed by atoms with E-state index in [0.717, 1.165) is 12.8 Å². The van der Waals surface area contributed by atoms with Crippen molar-refractivity contribution in [3.05, 3.63) is 69.7 Å². The first-order valence-corrected chi connectivity index (χ1v) is 9.58. The van der Waals surface area contributed by atoms with Gasteiger partial charge >= 0.3 is 5.97 Å². The number of rotatable bonds is 8. The van der Waals surface area contributed by atoms with Crippen LogP contribution in [0.4, 0.5) is 0 Å². The lowest BCUT2D eigenvalue weighted by Gasteiger charge is -2.18. The molecule has 0 aliphatic carbocycles. The highest BCUT2D eigenvalue weighted by molar-refractivity contribution is 6.35. The Kier molecular flexibility index (Phi) is 8.14. The fraction of sp³-hybridized carbons (Fsp3) is 0.333. The van der Waals surface area contributed by atoms with Crippen molar-refractivity contribution in [1.82, 2.24) is 5.32 Å². The summed E-state index contributed by atoms with van der Waals surface area (Å²) in [4.78, 5) is 24.3. The first kappa shape index (κ1) is 21.3. The minimum atomic E-state index is -0.872. The molecule has 2 aromatic carbocycles. The zero-order valence-corrected chi connectivity index (χ0v) is 16.9. The van der Waals surface area contributed by atoms with E-state index < -0.39 is 12.1 Å². The summed E-state index contributed by atoms with van der Waals surface area (Å²) >= 11 is 11.9. The van der Waals surface area contributed by atoms with Crippen LogP contribution < -0.4 is 5.32 Å². The third-order valence-electron chi connectivity index (χ3n) is 4.12. The molecule has 1 N–H and O–H groups in total. The molecule has 6 heteroatoms. The van der Waals surface area contributed by atoms with Gasteiger partial charge in [0, 0.05) is 16.1 Å². The number of aryl methyl sites for hydroxylation is 1. The predicted molar refractivity (Wildman–Crippen MR) is 108 cm³/mol. The minimum Gasteiger partial charge on any atom is -0.452 e. The lowest BCUT2D eigenvalue weighted by atomic mass is 10.1. The maximum Gasteiger partial charge on any atom is 0.311 e. The SMILES string of the molecule is C[C@H](CCc1ccccc1)NC(=O)[C@H](C)OC(=O)Cc1ccc(Cl)cc1Cl. The second-order valence-electron chi connectivity index (χ2n) is 6.48. The van der Waals surface area contributed by atoms with Crippen molar-refractivity contribution >= 4 is 35.1 Å². The Morgan fingerprint density at radius 2 is 1.78 bits per heavy atom. The topological polar surface area (TPSA) is 55.4 Å². The largest absolute Gasteiger partial charge is 0.452 e. The van der Waals surface area contributed by atoms with Crippen LogP contribution in [0.3, 0.4) is 0 Å². The summed E-state index contributed by atoms with van der Waals surface area (Å²) in [5.74, 6) is -0.829. The molecule has 0 bridgehead atoms. The molecule has 0 aliphatic heterocycles. The van der Waals surface area contributed by atoms with Crippen molar-refractivity contribution in [2.45, 2.75) is 45.3 Å². The zero-order valence-electron chi connectivity index (χ0n) is 15.4. The van der Waals surface area contributed by atoms with E-state index >= 15 is 0 Å². The molecule has 2 atom stereocenters. The first-order chi connectivity index (χ1) is 12.8. The van der Waals surface area contributed by atoms with Gasteiger partial charge in [-0.05, 0) is 49.9 Å². The molecule has 2 aromatic rings. The monoisotopic (exact) mass is 407 g/mol. The fourth-order valence-electron chi connectivity index (χ4n) is 2.57. The smallest absolute Gasteiger partial charge is 0.311 e. The van der Waals surface area contributed by atoms with E-state index in [1.54, 1.807) is 25.1 Å². The summed E-state index contributed by atoms with van der Waals surface area (Å²) in [6.07, 6.45) is 0.780. The summed E-state index contributed by atoms with van der Waals surface area (Å²) < 4.78 is 5.22. The van der Waals surface area contributed by atoms with Gasteiger partial charge in [0.2, 0.25) is 0 Å². The summed E-state index contributed by atoms with van der Waals surface area (Å²) in [5.41, 5.74) is 1.83. The van der Waals surface area contributed by atoms with Crippen LogP contribution >= 0.6 is 23.2 Å². The Hall–Kier alpha value is -2.04. The van der Waals surface area contributed by atoms with Crippen LogP contribution in [-0.2, 0) is 27.2 Å². The number of amides is 1. The van der Waals surface area contributed by atoms with Crippen LogP contribution in [0.15, 0.2) is 48.5 Å². The Balaban J connectivity index is 1.77. The van der Waals surface area contributed by atoms with Crippen LogP contribution in [-0.4, -0.2) is 24.0 Å². The molecule has 1 amide bonds. The fourth-order valence-corrected chi connectivity index (χ4v) is 3.05. The molecule has 0 heterocycles. The van der Waals surface area contributed by atoms with Crippen LogP contribution in [0.1, 0.15) is 31.4 Å². The molecule has 0 aliphatic rings. The van der Waals surface area contributed by atoms with Gasteiger partial charge in [-0.1, -0.05) is 59.6 Å². The van der Waals surface area contributed by atoms with E-state index in [-0.39, 0.29) is 18.4 Å². The van der Waals surface area contributed by atoms with E-state index in [0.29, 0.717) is 15.6 Å². The third-order valence-corrected chi connectivity index (χ3v) is 4.71. The molecule has 4 nitrogen and oxygen atoms in total. The van der Waals surface area contributed by atoms with Gasteiger partial charge in [0.15, 0.2) is 6.10 Å². The molecular formula is C21H23Cl2NO3. The second-order valence-corrected chi connectivity index (χ2v) is 7.32. The molecule has 27 heavy (non-hydrogen) atoms. The highest BCUT2D eigenvalue weighted by Gasteiger charge is 2.20. The van der Waals surface area contributed by atoms with Crippen molar-refractivity contribution in [2.24, 2.45) is 0 Å². The second kappa shape index (κ2) is 10.3. The van der Waals surface area contributed by atoms with Gasteiger partial charge in [-0.2, -0.15) is 0 Å². The Bertz CT molecular complexity index is 780. The number of hydrogen-bond acceptors (Lipinski definition) is 3. The molecule has 0 saturated carbocycles. The molecule has 144 valence electrons. The lowest BCUT2D eigenvalue weighted by molar-refractivity contribution is -0.154. The van der Waals surface area contributed by atoms with Crippen LogP contribution in [0.25, 0.3) is 0 Å². The number of carbonyl (C=O) groups is 2. The van der Waals surface area contributed by atoms with Crippen molar-refractivity contribution in [3.8, 4) is 0 Å². The number of ether oxygens (including phenoxy) is 1. The molecule has 0 radical (unpaired) electrons. The summed E-state index contributed by atoms with van der Waals surface area (Å²) in [6, 6.07) is 14.9. The number of benzene rings is 2. The van der Waals surface area contributed by atoms with Gasteiger partial charge in [-0.15, -0.1) is 0 Å². The van der Waals surface area contributed by atoms with Crippen LogP contribution in [0, 0.1) is 0 Å². The Morgan fingerprint density at radius 3 is 2.44 bits per heavy atom. The van der Waals surface area contributed by atoms with E-state index in [1.165, 1.54) is 5.56 Å². The maximum atomic E-state index is 12.2. The number of hydrogen-bond donors (Lipinski definition) is 1. The van der Waals surface area contributed by atoms with Gasteiger partial charge in [0.1, 0.15) is 0 Å². The van der Waals surface area contributed by atoms with Gasteiger partial charge in [-0.3, -0.25) is 9.59 Å². The molecule has 0 saturated heterocycles. The number of halogens is 2. The van der Waals surface area contributed by atoms with Gasteiger partial charge in [0.25, 0.3) is 5.91 Å². The van der Waals surface area contributed by atoms with Crippen LogP contribution in [0.5, 0.6) is 0 Å². The predicted octanol–water partition coefficient (Wildman–Crippen LogP) is 4.61. The molecule has 0 aromatic heterocycles. The van der Waals surface area contributed by atoms with E-state index in [2.05, 4.69) is 17.4 Å².